The summed E-state index contributed by atoms with van der Waals surface area (Å²) in [5, 5.41) is 0.718. The number of ketones is 1. The maximum absolute atomic E-state index is 12.5. The number of nitrogens with zero attached hydrogens (tertiary/aromatic N) is 1. The smallest absolute Gasteiger partial charge is 0.329 e. The Morgan fingerprint density at radius 1 is 1.00 bits per heavy atom. The first-order chi connectivity index (χ1) is 11.1. The zero-order chi connectivity index (χ0) is 16.2. The number of carbonyl (C=O) groups is 2. The minimum atomic E-state index is -0.453. The third-order valence-corrected chi connectivity index (χ3v) is 3.32. The molecule has 116 valence electrons. The fourth-order valence-electron chi connectivity index (χ4n) is 2.33. The van der Waals surface area contributed by atoms with Crippen molar-refractivity contribution in [2.75, 3.05) is 6.61 Å². The van der Waals surface area contributed by atoms with E-state index < -0.39 is 5.97 Å². The molecule has 0 aliphatic rings. The van der Waals surface area contributed by atoms with Gasteiger partial charge in [0.25, 0.3) is 0 Å². The van der Waals surface area contributed by atoms with Crippen LogP contribution >= 0.6 is 0 Å². The van der Waals surface area contributed by atoms with Crippen LogP contribution in [0.1, 0.15) is 17.3 Å². The van der Waals surface area contributed by atoms with Crippen molar-refractivity contribution < 1.29 is 19.2 Å². The number of benzene rings is 2. The number of rotatable bonds is 5. The molecule has 0 N–H and O–H groups in total. The van der Waals surface area contributed by atoms with Gasteiger partial charge in [-0.2, -0.15) is 4.73 Å². The molecule has 0 spiro atoms. The normalized spacial score (nSPS) is 10.5. The molecule has 0 radical (unpaired) electrons. The molecule has 1 heterocycles. The third-order valence-electron chi connectivity index (χ3n) is 3.32. The van der Waals surface area contributed by atoms with E-state index in [0.29, 0.717) is 16.8 Å². The summed E-state index contributed by atoms with van der Waals surface area (Å²) in [7, 11) is 0. The molecule has 0 unspecified atom stereocenters. The van der Waals surface area contributed by atoms with Crippen LogP contribution < -0.4 is 9.57 Å². The van der Waals surface area contributed by atoms with Crippen LogP contribution in [-0.4, -0.2) is 23.1 Å². The van der Waals surface area contributed by atoms with Gasteiger partial charge in [-0.3, -0.25) is 4.79 Å². The lowest BCUT2D eigenvalue weighted by Crippen LogP contribution is -2.15. The second-order valence-corrected chi connectivity index (χ2v) is 4.99. The van der Waals surface area contributed by atoms with Gasteiger partial charge < -0.3 is 9.57 Å². The van der Waals surface area contributed by atoms with Crippen molar-refractivity contribution in [1.82, 2.24) is 4.73 Å². The van der Waals surface area contributed by atoms with Crippen molar-refractivity contribution >= 4 is 22.7 Å². The Hall–Kier alpha value is -3.08. The van der Waals surface area contributed by atoms with Crippen molar-refractivity contribution in [3.8, 4) is 5.75 Å². The molecule has 0 bridgehead atoms. The number of ether oxygens (including phenoxy) is 1. The van der Waals surface area contributed by atoms with Gasteiger partial charge in [0.2, 0.25) is 5.78 Å². The molecule has 0 aliphatic carbocycles. The van der Waals surface area contributed by atoms with Crippen molar-refractivity contribution in [2.24, 2.45) is 0 Å². The van der Waals surface area contributed by atoms with Gasteiger partial charge in [0, 0.05) is 12.3 Å². The van der Waals surface area contributed by atoms with Gasteiger partial charge in [-0.1, -0.05) is 36.4 Å². The Kier molecular flexibility index (Phi) is 4.10. The summed E-state index contributed by atoms with van der Waals surface area (Å²) < 4.78 is 6.81. The molecule has 23 heavy (non-hydrogen) atoms. The van der Waals surface area contributed by atoms with Crippen LogP contribution in [0.15, 0.2) is 60.8 Å². The fraction of sp³-hybridized carbons (Fsp3) is 0.111. The van der Waals surface area contributed by atoms with Crippen LogP contribution in [0.3, 0.4) is 0 Å². The van der Waals surface area contributed by atoms with Gasteiger partial charge in [-0.05, 0) is 18.2 Å². The Bertz CT molecular complexity index is 852. The van der Waals surface area contributed by atoms with Crippen LogP contribution in [0, 0.1) is 0 Å². The van der Waals surface area contributed by atoms with E-state index in [0.717, 1.165) is 5.39 Å². The Morgan fingerprint density at radius 3 is 2.43 bits per heavy atom. The van der Waals surface area contributed by atoms with E-state index in [-0.39, 0.29) is 12.4 Å². The second kappa shape index (κ2) is 6.36. The highest BCUT2D eigenvalue weighted by Crippen LogP contribution is 2.21. The molecular formula is C18H15NO4. The molecule has 0 fully saturated rings. The average molecular weight is 309 g/mol. The first-order valence-electron chi connectivity index (χ1n) is 7.15. The van der Waals surface area contributed by atoms with Gasteiger partial charge in [0.1, 0.15) is 5.75 Å². The molecule has 5 nitrogen and oxygen atoms in total. The monoisotopic (exact) mass is 309 g/mol. The van der Waals surface area contributed by atoms with Crippen molar-refractivity contribution in [2.45, 2.75) is 6.92 Å². The Labute approximate surface area is 133 Å². The summed E-state index contributed by atoms with van der Waals surface area (Å²) in [4.78, 5) is 28.8. The highest BCUT2D eigenvalue weighted by Gasteiger charge is 2.16. The highest BCUT2D eigenvalue weighted by atomic mass is 16.7. The van der Waals surface area contributed by atoms with E-state index in [1.807, 2.05) is 36.4 Å². The summed E-state index contributed by atoms with van der Waals surface area (Å²) in [6.45, 7) is 1.23. The molecular weight excluding hydrogens is 294 g/mol. The lowest BCUT2D eigenvalue weighted by Gasteiger charge is -2.04. The molecule has 0 saturated carbocycles. The molecule has 2 aromatic carbocycles. The summed E-state index contributed by atoms with van der Waals surface area (Å²) in [5.74, 6) is -0.00850. The van der Waals surface area contributed by atoms with Crippen LogP contribution in [0.25, 0.3) is 10.9 Å². The summed E-state index contributed by atoms with van der Waals surface area (Å²) in [6.07, 6.45) is 1.52. The molecule has 1 aromatic heterocycles. The first-order valence-corrected chi connectivity index (χ1v) is 7.15. The van der Waals surface area contributed by atoms with Gasteiger partial charge >= 0.3 is 5.97 Å². The molecule has 0 saturated heterocycles. The first kappa shape index (κ1) is 14.8. The Balaban J connectivity index is 1.86. The summed E-state index contributed by atoms with van der Waals surface area (Å²) >= 11 is 0. The molecule has 5 heteroatoms. The number of Topliss-reactive ketones (excluding diaryl/α,β-unsaturated/α-hetero) is 1. The van der Waals surface area contributed by atoms with E-state index in [2.05, 4.69) is 0 Å². The number of aromatic nitrogens is 1. The maximum atomic E-state index is 12.5. The second-order valence-electron chi connectivity index (χ2n) is 4.99. The predicted octanol–water partition coefficient (Wildman–Crippen LogP) is 2.88. The standard InChI is InChI=1S/C18H15NO4/c1-13(20)23-19-11-16(15-9-5-6-10-17(15)19)18(21)12-22-14-7-3-2-4-8-14/h2-11H,12H2,1H3. The number of para-hydroxylation sites is 2. The molecule has 3 rings (SSSR count). The predicted molar refractivity (Wildman–Crippen MR) is 85.5 cm³/mol. The quantitative estimate of drug-likeness (QED) is 0.680. The van der Waals surface area contributed by atoms with E-state index in [4.69, 9.17) is 9.57 Å². The molecule has 0 amide bonds. The van der Waals surface area contributed by atoms with Crippen LogP contribution in [-0.2, 0) is 4.79 Å². The van der Waals surface area contributed by atoms with Gasteiger partial charge in [-0.15, -0.1) is 0 Å². The fourth-order valence-corrected chi connectivity index (χ4v) is 2.33. The van der Waals surface area contributed by atoms with Crippen molar-refractivity contribution in [1.29, 1.82) is 0 Å². The summed E-state index contributed by atoms with van der Waals surface area (Å²) in [5.41, 5.74) is 1.11. The molecule has 0 atom stereocenters. The van der Waals surface area contributed by atoms with Gasteiger partial charge in [0.05, 0.1) is 17.3 Å². The summed E-state index contributed by atoms with van der Waals surface area (Å²) in [6, 6.07) is 16.4. The van der Waals surface area contributed by atoms with Crippen LogP contribution in [0.4, 0.5) is 0 Å². The lowest BCUT2D eigenvalue weighted by atomic mass is 10.1. The van der Waals surface area contributed by atoms with Gasteiger partial charge in [-0.25, -0.2) is 4.79 Å². The van der Waals surface area contributed by atoms with Crippen LogP contribution in [0.5, 0.6) is 5.75 Å². The highest BCUT2D eigenvalue weighted by molar-refractivity contribution is 6.08. The minimum absolute atomic E-state index is 0.0852. The van der Waals surface area contributed by atoms with E-state index in [1.165, 1.54) is 17.9 Å². The molecule has 0 aliphatic heterocycles. The zero-order valence-corrected chi connectivity index (χ0v) is 12.6. The largest absolute Gasteiger partial charge is 0.485 e. The van der Waals surface area contributed by atoms with Crippen molar-refractivity contribution in [3.63, 3.8) is 0 Å². The van der Waals surface area contributed by atoms with E-state index >= 15 is 0 Å². The number of carbonyl (C=O) groups excluding carboxylic acids is 2. The topological polar surface area (TPSA) is 57.5 Å². The van der Waals surface area contributed by atoms with Crippen molar-refractivity contribution in [3.05, 3.63) is 66.4 Å². The Morgan fingerprint density at radius 2 is 1.70 bits per heavy atom. The molecule has 3 aromatic rings. The number of fused-ring (bicyclic) bond motifs is 1. The third kappa shape index (κ3) is 3.23. The van der Waals surface area contributed by atoms with E-state index in [9.17, 15) is 9.59 Å². The van der Waals surface area contributed by atoms with Gasteiger partial charge in [0.15, 0.2) is 6.61 Å². The lowest BCUT2D eigenvalue weighted by molar-refractivity contribution is -0.140. The minimum Gasteiger partial charge on any atom is -0.485 e. The average Bonchev–Trinajstić information content (AvgIpc) is 2.92. The number of hydrogen-bond donors (Lipinski definition) is 0. The zero-order valence-electron chi connectivity index (χ0n) is 12.6. The SMILES string of the molecule is CC(=O)On1cc(C(=O)COc2ccccc2)c2ccccc21. The number of hydrogen-bond acceptors (Lipinski definition) is 4. The van der Waals surface area contributed by atoms with Crippen LogP contribution in [0.2, 0.25) is 0 Å². The maximum Gasteiger partial charge on any atom is 0.329 e. The van der Waals surface area contributed by atoms with E-state index in [1.54, 1.807) is 18.2 Å².